The molecule has 28 heavy (non-hydrogen) atoms. The lowest BCUT2D eigenvalue weighted by molar-refractivity contribution is -0.147. The molecule has 1 fully saturated rings. The van der Waals surface area contributed by atoms with Gasteiger partial charge in [-0.2, -0.15) is 5.10 Å². The van der Waals surface area contributed by atoms with E-state index in [1.807, 2.05) is 25.2 Å². The summed E-state index contributed by atoms with van der Waals surface area (Å²) in [6.07, 6.45) is 3.35. The summed E-state index contributed by atoms with van der Waals surface area (Å²) in [4.78, 5) is 25.6. The fourth-order valence-corrected chi connectivity index (χ4v) is 3.91. The molecule has 4 rings (SSSR count). The van der Waals surface area contributed by atoms with Crippen molar-refractivity contribution in [1.29, 1.82) is 0 Å². The zero-order valence-electron chi connectivity index (χ0n) is 15.7. The highest BCUT2D eigenvalue weighted by molar-refractivity contribution is 6.31. The molecule has 1 aliphatic heterocycles. The molecule has 0 saturated carbocycles. The topological polar surface area (TPSA) is 76.4 Å². The smallest absolute Gasteiger partial charge is 0.327 e. The van der Waals surface area contributed by atoms with E-state index >= 15 is 0 Å². The van der Waals surface area contributed by atoms with Crippen LogP contribution in [0.2, 0.25) is 5.02 Å². The summed E-state index contributed by atoms with van der Waals surface area (Å²) in [5, 5.41) is 5.77. The Bertz CT molecular complexity index is 999. The van der Waals surface area contributed by atoms with Crippen LogP contribution in [0.25, 0.3) is 11.0 Å². The molecule has 0 N–H and O–H groups in total. The Kier molecular flexibility index (Phi) is 5.15. The molecule has 0 spiro atoms. The van der Waals surface area contributed by atoms with E-state index in [1.165, 1.54) is 7.11 Å². The van der Waals surface area contributed by atoms with E-state index in [1.54, 1.807) is 23.3 Å². The molecule has 8 nitrogen and oxygen atoms in total. The van der Waals surface area contributed by atoms with Crippen LogP contribution in [0.15, 0.2) is 36.8 Å². The summed E-state index contributed by atoms with van der Waals surface area (Å²) in [6.45, 7) is 2.80. The average molecular weight is 401 g/mol. The zero-order valence-corrected chi connectivity index (χ0v) is 16.5. The molecule has 1 unspecified atom stereocenters. The number of nitrogens with zero attached hydrogens (tertiary/aromatic N) is 6. The van der Waals surface area contributed by atoms with Gasteiger partial charge >= 0.3 is 5.97 Å². The Balaban J connectivity index is 1.56. The maximum absolute atomic E-state index is 12.5. The maximum atomic E-state index is 12.5. The van der Waals surface area contributed by atoms with E-state index in [4.69, 9.17) is 16.3 Å². The number of halogens is 1. The Hall–Kier alpha value is -2.71. The highest BCUT2D eigenvalue weighted by atomic mass is 35.5. The Labute approximate surface area is 167 Å². The third-order valence-corrected chi connectivity index (χ3v) is 5.46. The number of hydrogen-bond acceptors (Lipinski definition) is 7. The number of carbonyl (C=O) groups excluding carboxylic acids is 1. The van der Waals surface area contributed by atoms with Gasteiger partial charge in [-0.1, -0.05) is 29.8 Å². The summed E-state index contributed by atoms with van der Waals surface area (Å²) in [7, 11) is 3.27. The summed E-state index contributed by atoms with van der Waals surface area (Å²) in [6, 6.07) is 6.88. The molecule has 0 radical (unpaired) electrons. The SMILES string of the molecule is COC(=O)C(c1ccccc1Cl)N1CCN(c2ncnc3c2cnn3C)CC1. The van der Waals surface area contributed by atoms with E-state index in [0.717, 1.165) is 35.5 Å². The highest BCUT2D eigenvalue weighted by Gasteiger charge is 2.33. The molecule has 3 aromatic rings. The van der Waals surface area contributed by atoms with Crippen LogP contribution in [0.4, 0.5) is 5.82 Å². The molecule has 146 valence electrons. The van der Waals surface area contributed by atoms with Gasteiger partial charge in [-0.3, -0.25) is 9.58 Å². The quantitative estimate of drug-likeness (QED) is 0.620. The minimum Gasteiger partial charge on any atom is -0.468 e. The Morgan fingerprint density at radius 2 is 1.93 bits per heavy atom. The van der Waals surface area contributed by atoms with Crippen molar-refractivity contribution in [1.82, 2.24) is 24.6 Å². The van der Waals surface area contributed by atoms with E-state index in [2.05, 4.69) is 24.9 Å². The molecule has 0 amide bonds. The number of rotatable bonds is 4. The maximum Gasteiger partial charge on any atom is 0.327 e. The molecule has 0 bridgehead atoms. The monoisotopic (exact) mass is 400 g/mol. The van der Waals surface area contributed by atoms with Gasteiger partial charge in [-0.15, -0.1) is 0 Å². The van der Waals surface area contributed by atoms with Crippen molar-refractivity contribution in [2.75, 3.05) is 38.2 Å². The second kappa shape index (κ2) is 7.73. The molecule has 1 saturated heterocycles. The zero-order chi connectivity index (χ0) is 19.7. The van der Waals surface area contributed by atoms with Crippen LogP contribution in [-0.4, -0.2) is 63.9 Å². The Morgan fingerprint density at radius 3 is 2.64 bits per heavy atom. The number of anilines is 1. The normalized spacial score (nSPS) is 16.3. The van der Waals surface area contributed by atoms with Crippen LogP contribution in [-0.2, 0) is 16.6 Å². The van der Waals surface area contributed by atoms with Crippen LogP contribution in [0.5, 0.6) is 0 Å². The van der Waals surface area contributed by atoms with Crippen molar-refractivity contribution in [2.45, 2.75) is 6.04 Å². The van der Waals surface area contributed by atoms with Gasteiger partial charge in [0, 0.05) is 38.2 Å². The van der Waals surface area contributed by atoms with Crippen LogP contribution < -0.4 is 4.90 Å². The molecular formula is C19H21ClN6O2. The van der Waals surface area contributed by atoms with Crippen molar-refractivity contribution in [2.24, 2.45) is 7.05 Å². The third-order valence-electron chi connectivity index (χ3n) is 5.11. The average Bonchev–Trinajstić information content (AvgIpc) is 3.11. The lowest BCUT2D eigenvalue weighted by atomic mass is 10.0. The van der Waals surface area contributed by atoms with E-state index < -0.39 is 6.04 Å². The largest absolute Gasteiger partial charge is 0.468 e. The van der Waals surface area contributed by atoms with Gasteiger partial charge in [0.1, 0.15) is 18.2 Å². The van der Waals surface area contributed by atoms with Gasteiger partial charge in [-0.25, -0.2) is 14.8 Å². The molecule has 1 aliphatic rings. The van der Waals surface area contributed by atoms with Gasteiger partial charge in [-0.05, 0) is 11.6 Å². The number of benzene rings is 1. The first-order valence-electron chi connectivity index (χ1n) is 9.04. The molecule has 2 aromatic heterocycles. The van der Waals surface area contributed by atoms with Gasteiger partial charge in [0.05, 0.1) is 18.7 Å². The van der Waals surface area contributed by atoms with E-state index in [-0.39, 0.29) is 5.97 Å². The molecule has 9 heteroatoms. The first kappa shape index (κ1) is 18.6. The third kappa shape index (κ3) is 3.29. The summed E-state index contributed by atoms with van der Waals surface area (Å²) >= 11 is 6.36. The van der Waals surface area contributed by atoms with Crippen LogP contribution in [0, 0.1) is 0 Å². The summed E-state index contributed by atoms with van der Waals surface area (Å²) in [5.41, 5.74) is 1.57. The van der Waals surface area contributed by atoms with Gasteiger partial charge in [0.2, 0.25) is 0 Å². The summed E-state index contributed by atoms with van der Waals surface area (Å²) in [5.74, 6) is 0.559. The second-order valence-corrected chi connectivity index (χ2v) is 7.08. The lowest BCUT2D eigenvalue weighted by Gasteiger charge is -2.39. The standard InChI is InChI=1S/C19H21ClN6O2/c1-24-17-14(11-23-24)18(22-12-21-17)26-9-7-25(8-10-26)16(19(27)28-2)13-5-3-4-6-15(13)20/h3-6,11-12,16H,7-10H2,1-2H3. The number of methoxy groups -OCH3 is 1. The minimum atomic E-state index is -0.523. The number of esters is 1. The fraction of sp³-hybridized carbons (Fsp3) is 0.368. The molecule has 0 aliphatic carbocycles. The molecule has 1 aromatic carbocycles. The number of aromatic nitrogens is 4. The molecule has 3 heterocycles. The summed E-state index contributed by atoms with van der Waals surface area (Å²) < 4.78 is 6.80. The fourth-order valence-electron chi connectivity index (χ4n) is 3.67. The minimum absolute atomic E-state index is 0.307. The molecular weight excluding hydrogens is 380 g/mol. The predicted octanol–water partition coefficient (Wildman–Crippen LogP) is 2.05. The highest BCUT2D eigenvalue weighted by Crippen LogP contribution is 2.31. The first-order chi connectivity index (χ1) is 13.6. The molecule has 1 atom stereocenters. The van der Waals surface area contributed by atoms with E-state index in [0.29, 0.717) is 18.1 Å². The number of fused-ring (bicyclic) bond motifs is 1. The number of aryl methyl sites for hydroxylation is 1. The second-order valence-electron chi connectivity index (χ2n) is 6.67. The van der Waals surface area contributed by atoms with Crippen molar-refractivity contribution in [3.8, 4) is 0 Å². The number of carbonyl (C=O) groups is 1. The predicted molar refractivity (Wildman–Crippen MR) is 106 cm³/mol. The number of piperazine rings is 1. The van der Waals surface area contributed by atoms with Crippen LogP contribution in [0.3, 0.4) is 0 Å². The van der Waals surface area contributed by atoms with Crippen molar-refractivity contribution in [3.63, 3.8) is 0 Å². The van der Waals surface area contributed by atoms with Gasteiger partial charge in [0.15, 0.2) is 5.65 Å². The Morgan fingerprint density at radius 1 is 1.18 bits per heavy atom. The number of ether oxygens (including phenoxy) is 1. The lowest BCUT2D eigenvalue weighted by Crippen LogP contribution is -2.49. The first-order valence-corrected chi connectivity index (χ1v) is 9.42. The van der Waals surface area contributed by atoms with Crippen molar-refractivity contribution < 1.29 is 9.53 Å². The number of hydrogen-bond donors (Lipinski definition) is 0. The van der Waals surface area contributed by atoms with E-state index in [9.17, 15) is 4.79 Å². The van der Waals surface area contributed by atoms with Crippen molar-refractivity contribution in [3.05, 3.63) is 47.4 Å². The van der Waals surface area contributed by atoms with Crippen LogP contribution in [0.1, 0.15) is 11.6 Å². The van der Waals surface area contributed by atoms with Gasteiger partial charge in [0.25, 0.3) is 0 Å². The van der Waals surface area contributed by atoms with Gasteiger partial charge < -0.3 is 9.64 Å². The van der Waals surface area contributed by atoms with Crippen molar-refractivity contribution >= 4 is 34.4 Å². The van der Waals surface area contributed by atoms with Crippen LogP contribution >= 0.6 is 11.6 Å².